The highest BCUT2D eigenvalue weighted by molar-refractivity contribution is 5.84. The first-order chi connectivity index (χ1) is 11.2. The number of ether oxygens (including phenoxy) is 1. The van der Waals surface area contributed by atoms with Gasteiger partial charge >= 0.3 is 0 Å². The normalized spacial score (nSPS) is 20.5. The van der Waals surface area contributed by atoms with Crippen LogP contribution in [0.1, 0.15) is 25.3 Å². The van der Waals surface area contributed by atoms with E-state index in [0.717, 1.165) is 36.1 Å². The Morgan fingerprint density at radius 3 is 2.87 bits per heavy atom. The maximum absolute atomic E-state index is 12.1. The second kappa shape index (κ2) is 5.33. The Balaban J connectivity index is 1.48. The molecule has 1 fully saturated rings. The van der Waals surface area contributed by atoms with Crippen LogP contribution < -0.4 is 10.1 Å². The van der Waals surface area contributed by atoms with Crippen LogP contribution in [0.2, 0.25) is 0 Å². The highest BCUT2D eigenvalue weighted by atomic mass is 16.5. The van der Waals surface area contributed by atoms with Gasteiger partial charge in [-0.05, 0) is 18.4 Å². The molecular formula is C18H19N3O2. The number of carbonyl (C=O) groups excluding carboxylic acids is 1. The fraction of sp³-hybridized carbons (Fsp3) is 0.389. The molecule has 1 atom stereocenters. The number of hydrogen-bond acceptors (Lipinski definition) is 4. The summed E-state index contributed by atoms with van der Waals surface area (Å²) in [6.45, 7) is 2.56. The first-order valence-electron chi connectivity index (χ1n) is 7.98. The predicted molar refractivity (Wildman–Crippen MR) is 85.9 cm³/mol. The molecule has 0 bridgehead atoms. The Hall–Kier alpha value is -2.43. The molecule has 1 amide bonds. The number of benzene rings is 1. The zero-order valence-corrected chi connectivity index (χ0v) is 13.1. The van der Waals surface area contributed by atoms with E-state index in [2.05, 4.69) is 21.4 Å². The first kappa shape index (κ1) is 14.2. The molecule has 1 aliphatic heterocycles. The van der Waals surface area contributed by atoms with E-state index in [0.29, 0.717) is 6.54 Å². The molecule has 0 spiro atoms. The largest absolute Gasteiger partial charge is 0.487 e. The van der Waals surface area contributed by atoms with Crippen LogP contribution in [-0.2, 0) is 11.2 Å². The van der Waals surface area contributed by atoms with Gasteiger partial charge in [-0.15, -0.1) is 0 Å². The lowest BCUT2D eigenvalue weighted by atomic mass is 10.0. The Bertz CT molecular complexity index is 741. The maximum atomic E-state index is 12.1. The first-order valence-corrected chi connectivity index (χ1v) is 7.98. The third kappa shape index (κ3) is 2.67. The van der Waals surface area contributed by atoms with Crippen LogP contribution >= 0.6 is 0 Å². The Morgan fingerprint density at radius 1 is 1.35 bits per heavy atom. The number of amides is 1. The maximum Gasteiger partial charge on any atom is 0.226 e. The van der Waals surface area contributed by atoms with E-state index in [1.165, 1.54) is 11.9 Å². The summed E-state index contributed by atoms with van der Waals surface area (Å²) in [5.74, 6) is 1.04. The van der Waals surface area contributed by atoms with Crippen molar-refractivity contribution in [3.05, 3.63) is 42.5 Å². The van der Waals surface area contributed by atoms with Crippen LogP contribution in [0.5, 0.6) is 5.75 Å². The SMILES string of the molecule is CC1(C(=O)NC[C@@H]2Cc3cccc(-c4cncnc4)c3O2)CC1. The predicted octanol–water partition coefficient (Wildman–Crippen LogP) is 2.36. The number of carbonyl (C=O) groups is 1. The minimum atomic E-state index is -0.141. The van der Waals surface area contributed by atoms with Gasteiger partial charge < -0.3 is 10.1 Å². The number of aromatic nitrogens is 2. The second-order valence-electron chi connectivity index (χ2n) is 6.64. The molecule has 118 valence electrons. The summed E-state index contributed by atoms with van der Waals surface area (Å²) in [6, 6.07) is 6.12. The van der Waals surface area contributed by atoms with E-state index in [-0.39, 0.29) is 17.4 Å². The van der Waals surface area contributed by atoms with Crippen LogP contribution in [0.15, 0.2) is 36.9 Å². The summed E-state index contributed by atoms with van der Waals surface area (Å²) >= 11 is 0. The quantitative estimate of drug-likeness (QED) is 0.941. The number of para-hydroxylation sites is 1. The molecular weight excluding hydrogens is 290 g/mol. The molecule has 23 heavy (non-hydrogen) atoms. The van der Waals surface area contributed by atoms with Gasteiger partial charge in [0.2, 0.25) is 5.91 Å². The number of nitrogens with zero attached hydrogens (tertiary/aromatic N) is 2. The molecule has 1 aromatic heterocycles. The molecule has 2 heterocycles. The van der Waals surface area contributed by atoms with E-state index >= 15 is 0 Å². The Morgan fingerprint density at radius 2 is 2.13 bits per heavy atom. The summed E-state index contributed by atoms with van der Waals surface area (Å²) in [7, 11) is 0. The smallest absolute Gasteiger partial charge is 0.226 e. The lowest BCUT2D eigenvalue weighted by molar-refractivity contribution is -0.126. The van der Waals surface area contributed by atoms with Crippen LogP contribution in [0.3, 0.4) is 0 Å². The summed E-state index contributed by atoms with van der Waals surface area (Å²) < 4.78 is 6.11. The number of hydrogen-bond donors (Lipinski definition) is 1. The highest BCUT2D eigenvalue weighted by Gasteiger charge is 2.45. The van der Waals surface area contributed by atoms with Gasteiger partial charge in [-0.1, -0.05) is 25.1 Å². The van der Waals surface area contributed by atoms with E-state index in [4.69, 9.17) is 4.74 Å². The zero-order chi connectivity index (χ0) is 15.9. The number of nitrogens with one attached hydrogen (secondary N) is 1. The van der Waals surface area contributed by atoms with Gasteiger partial charge in [0.15, 0.2) is 0 Å². The molecule has 0 saturated heterocycles. The fourth-order valence-electron chi connectivity index (χ4n) is 2.95. The molecule has 4 rings (SSSR count). The average Bonchev–Trinajstić information content (AvgIpc) is 3.20. The summed E-state index contributed by atoms with van der Waals surface area (Å²) in [4.78, 5) is 20.2. The lowest BCUT2D eigenvalue weighted by Gasteiger charge is -2.15. The molecule has 0 radical (unpaired) electrons. The number of fused-ring (bicyclic) bond motifs is 1. The van der Waals surface area contributed by atoms with Gasteiger partial charge in [-0.3, -0.25) is 4.79 Å². The molecule has 1 aromatic carbocycles. The van der Waals surface area contributed by atoms with Crippen molar-refractivity contribution in [3.8, 4) is 16.9 Å². The average molecular weight is 309 g/mol. The van der Waals surface area contributed by atoms with E-state index < -0.39 is 0 Å². The van der Waals surface area contributed by atoms with E-state index in [1.807, 2.05) is 19.1 Å². The van der Waals surface area contributed by atoms with Crippen molar-refractivity contribution in [1.82, 2.24) is 15.3 Å². The molecule has 0 unspecified atom stereocenters. The van der Waals surface area contributed by atoms with Crippen LogP contribution in [-0.4, -0.2) is 28.5 Å². The summed E-state index contributed by atoms with van der Waals surface area (Å²) in [6.07, 6.45) is 7.87. The molecule has 5 nitrogen and oxygen atoms in total. The van der Waals surface area contributed by atoms with Crippen LogP contribution in [0, 0.1) is 5.41 Å². The Kier molecular flexibility index (Phi) is 3.29. The van der Waals surface area contributed by atoms with Crippen molar-refractivity contribution >= 4 is 5.91 Å². The van der Waals surface area contributed by atoms with Crippen LogP contribution in [0.4, 0.5) is 0 Å². The Labute approximate surface area is 135 Å². The lowest BCUT2D eigenvalue weighted by Crippen LogP contribution is -2.38. The van der Waals surface area contributed by atoms with Crippen molar-refractivity contribution in [1.29, 1.82) is 0 Å². The van der Waals surface area contributed by atoms with Gasteiger partial charge in [0.25, 0.3) is 0 Å². The van der Waals surface area contributed by atoms with Crippen molar-refractivity contribution in [2.45, 2.75) is 32.3 Å². The van der Waals surface area contributed by atoms with Crippen molar-refractivity contribution in [2.75, 3.05) is 6.54 Å². The van der Waals surface area contributed by atoms with E-state index in [1.54, 1.807) is 12.4 Å². The van der Waals surface area contributed by atoms with Crippen molar-refractivity contribution < 1.29 is 9.53 Å². The van der Waals surface area contributed by atoms with Crippen molar-refractivity contribution in [3.63, 3.8) is 0 Å². The van der Waals surface area contributed by atoms with E-state index in [9.17, 15) is 4.79 Å². The summed E-state index contributed by atoms with van der Waals surface area (Å²) in [5, 5.41) is 3.03. The monoisotopic (exact) mass is 309 g/mol. The van der Waals surface area contributed by atoms with Crippen LogP contribution in [0.25, 0.3) is 11.1 Å². The van der Waals surface area contributed by atoms with Crippen molar-refractivity contribution in [2.24, 2.45) is 5.41 Å². The molecule has 2 aromatic rings. The molecule has 1 N–H and O–H groups in total. The topological polar surface area (TPSA) is 64.1 Å². The third-order valence-electron chi connectivity index (χ3n) is 4.74. The number of rotatable bonds is 4. The fourth-order valence-corrected chi connectivity index (χ4v) is 2.95. The molecule has 1 saturated carbocycles. The minimum Gasteiger partial charge on any atom is -0.487 e. The molecule has 1 aliphatic carbocycles. The summed E-state index contributed by atoms with van der Waals surface area (Å²) in [5.41, 5.74) is 2.98. The van der Waals surface area contributed by atoms with Gasteiger partial charge in [0.1, 0.15) is 18.2 Å². The zero-order valence-electron chi connectivity index (χ0n) is 13.1. The molecule has 5 heteroatoms. The molecule has 2 aliphatic rings. The van der Waals surface area contributed by atoms with Gasteiger partial charge in [-0.25, -0.2) is 9.97 Å². The minimum absolute atomic E-state index is 0.0120. The highest BCUT2D eigenvalue weighted by Crippen LogP contribution is 2.45. The second-order valence-corrected chi connectivity index (χ2v) is 6.64. The third-order valence-corrected chi connectivity index (χ3v) is 4.74. The van der Waals surface area contributed by atoms with Gasteiger partial charge in [0, 0.05) is 35.4 Å². The van der Waals surface area contributed by atoms with Gasteiger partial charge in [0.05, 0.1) is 6.54 Å². The standard InChI is InChI=1S/C18H19N3O2/c1-18(5-6-18)17(22)21-10-14-7-12-3-2-4-15(16(12)23-14)13-8-19-11-20-9-13/h2-4,8-9,11,14H,5-7,10H2,1H3,(H,21,22)/t14-/m0/s1. The van der Waals surface area contributed by atoms with Gasteiger partial charge in [-0.2, -0.15) is 0 Å².